The summed E-state index contributed by atoms with van der Waals surface area (Å²) in [5.74, 6) is 0. The molecule has 1 aliphatic heterocycles. The Balaban J connectivity index is 2.22. The monoisotopic (exact) mass is 193 g/mol. The standard InChI is InChI=1S/C12H19NO/c1-13-8-4-6-11-10(9-13)5-3-7-12(11)14-2/h3,5,12H,4,6-9H2,1-2H3. The first-order chi connectivity index (χ1) is 6.81. The highest BCUT2D eigenvalue weighted by atomic mass is 16.5. The molecule has 2 rings (SSSR count). The zero-order valence-electron chi connectivity index (χ0n) is 9.12. The second kappa shape index (κ2) is 4.28. The van der Waals surface area contributed by atoms with E-state index >= 15 is 0 Å². The van der Waals surface area contributed by atoms with E-state index in [1.54, 1.807) is 5.57 Å². The van der Waals surface area contributed by atoms with Gasteiger partial charge in [0, 0.05) is 13.7 Å². The van der Waals surface area contributed by atoms with E-state index in [0.717, 1.165) is 13.0 Å². The Hall–Kier alpha value is -0.600. The Morgan fingerprint density at radius 1 is 1.50 bits per heavy atom. The van der Waals surface area contributed by atoms with Crippen LogP contribution in [0.1, 0.15) is 19.3 Å². The van der Waals surface area contributed by atoms with E-state index in [-0.39, 0.29) is 0 Å². The highest BCUT2D eigenvalue weighted by molar-refractivity contribution is 5.34. The number of hydrogen-bond donors (Lipinski definition) is 0. The Bertz CT molecular complexity index is 267. The van der Waals surface area contributed by atoms with Crippen LogP contribution < -0.4 is 0 Å². The molecule has 14 heavy (non-hydrogen) atoms. The lowest BCUT2D eigenvalue weighted by molar-refractivity contribution is 0.129. The molecule has 1 aliphatic carbocycles. The summed E-state index contributed by atoms with van der Waals surface area (Å²) in [6.45, 7) is 2.29. The molecule has 0 spiro atoms. The van der Waals surface area contributed by atoms with E-state index in [1.807, 2.05) is 7.11 Å². The fourth-order valence-electron chi connectivity index (χ4n) is 2.41. The van der Waals surface area contributed by atoms with Crippen molar-refractivity contribution in [3.63, 3.8) is 0 Å². The van der Waals surface area contributed by atoms with Crippen molar-refractivity contribution in [3.8, 4) is 0 Å². The second-order valence-electron chi connectivity index (χ2n) is 4.25. The molecule has 0 aromatic carbocycles. The number of ether oxygens (including phenoxy) is 1. The molecule has 78 valence electrons. The summed E-state index contributed by atoms with van der Waals surface area (Å²) in [6.07, 6.45) is 8.41. The molecule has 2 aliphatic rings. The molecule has 2 nitrogen and oxygen atoms in total. The molecule has 0 fully saturated rings. The fraction of sp³-hybridized carbons (Fsp3) is 0.667. The van der Waals surface area contributed by atoms with Crippen molar-refractivity contribution >= 4 is 0 Å². The number of likely N-dealkylation sites (N-methyl/N-ethyl adjacent to an activating group) is 1. The van der Waals surface area contributed by atoms with Gasteiger partial charge in [-0.3, -0.25) is 0 Å². The van der Waals surface area contributed by atoms with Gasteiger partial charge in [-0.15, -0.1) is 0 Å². The zero-order valence-corrected chi connectivity index (χ0v) is 9.12. The second-order valence-corrected chi connectivity index (χ2v) is 4.25. The molecule has 1 heterocycles. The van der Waals surface area contributed by atoms with E-state index in [0.29, 0.717) is 6.10 Å². The van der Waals surface area contributed by atoms with E-state index in [4.69, 9.17) is 4.74 Å². The lowest BCUT2D eigenvalue weighted by Gasteiger charge is -2.23. The summed E-state index contributed by atoms with van der Waals surface area (Å²) in [5, 5.41) is 0. The predicted molar refractivity (Wildman–Crippen MR) is 58.3 cm³/mol. The summed E-state index contributed by atoms with van der Waals surface area (Å²) in [6, 6.07) is 0. The lowest BCUT2D eigenvalue weighted by Crippen LogP contribution is -2.22. The van der Waals surface area contributed by atoms with Crippen LogP contribution in [0.4, 0.5) is 0 Å². The van der Waals surface area contributed by atoms with Gasteiger partial charge in [0.25, 0.3) is 0 Å². The minimum absolute atomic E-state index is 0.349. The van der Waals surface area contributed by atoms with E-state index in [1.165, 1.54) is 25.0 Å². The van der Waals surface area contributed by atoms with Crippen LogP contribution in [0.3, 0.4) is 0 Å². The van der Waals surface area contributed by atoms with Crippen LogP contribution in [0.15, 0.2) is 23.3 Å². The molecule has 0 radical (unpaired) electrons. The van der Waals surface area contributed by atoms with Gasteiger partial charge in [0.2, 0.25) is 0 Å². The fourth-order valence-corrected chi connectivity index (χ4v) is 2.41. The Morgan fingerprint density at radius 3 is 3.14 bits per heavy atom. The van der Waals surface area contributed by atoms with Crippen molar-refractivity contribution in [2.24, 2.45) is 0 Å². The highest BCUT2D eigenvalue weighted by Gasteiger charge is 2.22. The number of methoxy groups -OCH3 is 1. The van der Waals surface area contributed by atoms with Crippen molar-refractivity contribution in [3.05, 3.63) is 23.3 Å². The van der Waals surface area contributed by atoms with Crippen LogP contribution in [0.5, 0.6) is 0 Å². The molecule has 0 saturated carbocycles. The van der Waals surface area contributed by atoms with Gasteiger partial charge in [-0.2, -0.15) is 0 Å². The van der Waals surface area contributed by atoms with Gasteiger partial charge in [-0.1, -0.05) is 12.2 Å². The minimum Gasteiger partial charge on any atom is -0.377 e. The van der Waals surface area contributed by atoms with Gasteiger partial charge in [-0.05, 0) is 44.0 Å². The first-order valence-electron chi connectivity index (χ1n) is 5.41. The minimum atomic E-state index is 0.349. The van der Waals surface area contributed by atoms with Crippen LogP contribution in [-0.2, 0) is 4.74 Å². The highest BCUT2D eigenvalue weighted by Crippen LogP contribution is 2.28. The number of rotatable bonds is 1. The molecule has 2 heteroatoms. The molecule has 1 atom stereocenters. The van der Waals surface area contributed by atoms with Gasteiger partial charge in [0.1, 0.15) is 0 Å². The Kier molecular flexibility index (Phi) is 3.04. The largest absolute Gasteiger partial charge is 0.377 e. The quantitative estimate of drug-likeness (QED) is 0.631. The first-order valence-corrected chi connectivity index (χ1v) is 5.41. The maximum atomic E-state index is 5.52. The van der Waals surface area contributed by atoms with Crippen molar-refractivity contribution in [1.29, 1.82) is 0 Å². The maximum absolute atomic E-state index is 5.52. The van der Waals surface area contributed by atoms with Gasteiger partial charge >= 0.3 is 0 Å². The topological polar surface area (TPSA) is 12.5 Å². The smallest absolute Gasteiger partial charge is 0.0821 e. The number of hydrogen-bond acceptors (Lipinski definition) is 2. The summed E-state index contributed by atoms with van der Waals surface area (Å²) >= 11 is 0. The third-order valence-electron chi connectivity index (χ3n) is 3.18. The molecule has 0 saturated heterocycles. The third kappa shape index (κ3) is 1.91. The van der Waals surface area contributed by atoms with Gasteiger partial charge in [0.05, 0.1) is 6.10 Å². The van der Waals surface area contributed by atoms with Crippen LogP contribution in [-0.4, -0.2) is 38.3 Å². The predicted octanol–water partition coefficient (Wildman–Crippen LogP) is 1.98. The molecule has 0 aromatic rings. The van der Waals surface area contributed by atoms with Crippen molar-refractivity contribution < 1.29 is 4.74 Å². The molecule has 0 N–H and O–H groups in total. The average Bonchev–Trinajstić information content (AvgIpc) is 2.37. The normalized spacial score (nSPS) is 28.9. The van der Waals surface area contributed by atoms with E-state index in [2.05, 4.69) is 24.1 Å². The molecule has 0 amide bonds. The van der Waals surface area contributed by atoms with Crippen LogP contribution in [0.25, 0.3) is 0 Å². The molecular formula is C12H19NO. The van der Waals surface area contributed by atoms with Crippen LogP contribution >= 0.6 is 0 Å². The molecular weight excluding hydrogens is 174 g/mol. The van der Waals surface area contributed by atoms with Gasteiger partial charge < -0.3 is 9.64 Å². The molecule has 0 bridgehead atoms. The summed E-state index contributed by atoms with van der Waals surface area (Å²) in [5.41, 5.74) is 3.03. The van der Waals surface area contributed by atoms with E-state index < -0.39 is 0 Å². The molecule has 0 aromatic heterocycles. The van der Waals surface area contributed by atoms with Crippen LogP contribution in [0.2, 0.25) is 0 Å². The van der Waals surface area contributed by atoms with E-state index in [9.17, 15) is 0 Å². The van der Waals surface area contributed by atoms with Crippen LogP contribution in [0, 0.1) is 0 Å². The average molecular weight is 193 g/mol. The number of nitrogens with zero attached hydrogens (tertiary/aromatic N) is 1. The zero-order chi connectivity index (χ0) is 9.97. The third-order valence-corrected chi connectivity index (χ3v) is 3.18. The van der Waals surface area contributed by atoms with Gasteiger partial charge in [0.15, 0.2) is 0 Å². The lowest BCUT2D eigenvalue weighted by atomic mass is 9.92. The van der Waals surface area contributed by atoms with Crippen molar-refractivity contribution in [1.82, 2.24) is 4.90 Å². The van der Waals surface area contributed by atoms with Crippen molar-refractivity contribution in [2.75, 3.05) is 27.2 Å². The first kappa shape index (κ1) is 9.94. The summed E-state index contributed by atoms with van der Waals surface area (Å²) in [7, 11) is 4.02. The Morgan fingerprint density at radius 2 is 2.36 bits per heavy atom. The van der Waals surface area contributed by atoms with Gasteiger partial charge in [-0.25, -0.2) is 0 Å². The maximum Gasteiger partial charge on any atom is 0.0821 e. The Labute approximate surface area is 86.2 Å². The summed E-state index contributed by atoms with van der Waals surface area (Å²) in [4.78, 5) is 2.39. The SMILES string of the molecule is COC1CC=CC2=C1CCCN(C)C2. The summed E-state index contributed by atoms with van der Waals surface area (Å²) < 4.78 is 5.52. The van der Waals surface area contributed by atoms with Crippen molar-refractivity contribution in [2.45, 2.75) is 25.4 Å². The molecule has 1 unspecified atom stereocenters.